The summed E-state index contributed by atoms with van der Waals surface area (Å²) in [5, 5.41) is 9.47. The second-order valence-electron chi connectivity index (χ2n) is 3.94. The van der Waals surface area contributed by atoms with Gasteiger partial charge in [-0.3, -0.25) is 4.79 Å². The van der Waals surface area contributed by atoms with Crippen molar-refractivity contribution in [1.29, 1.82) is 0 Å². The summed E-state index contributed by atoms with van der Waals surface area (Å²) in [5.74, 6) is 1.38. The molecule has 0 saturated carbocycles. The lowest BCUT2D eigenvalue weighted by Crippen LogP contribution is -1.95. The Bertz CT molecular complexity index is 564. The lowest BCUT2D eigenvalue weighted by molar-refractivity contribution is 0.108. The third kappa shape index (κ3) is 3.51. The van der Waals surface area contributed by atoms with Crippen LogP contribution in [0.25, 0.3) is 0 Å². The van der Waals surface area contributed by atoms with Gasteiger partial charge in [0.2, 0.25) is 5.12 Å². The fourth-order valence-electron chi connectivity index (χ4n) is 1.59. The van der Waals surface area contributed by atoms with E-state index in [0.717, 1.165) is 11.3 Å². The van der Waals surface area contributed by atoms with E-state index in [1.54, 1.807) is 25.3 Å². The molecule has 0 heterocycles. The first-order valence-electron chi connectivity index (χ1n) is 5.79. The van der Waals surface area contributed by atoms with Gasteiger partial charge in [-0.1, -0.05) is 36.0 Å². The van der Waals surface area contributed by atoms with Gasteiger partial charge >= 0.3 is 0 Å². The Morgan fingerprint density at radius 1 is 1.16 bits per heavy atom. The fraction of sp³-hybridized carbons (Fsp3) is 0.133. The van der Waals surface area contributed by atoms with Gasteiger partial charge in [-0.05, 0) is 29.8 Å². The Balaban J connectivity index is 1.98. The Hall–Kier alpha value is -1.94. The highest BCUT2D eigenvalue weighted by Gasteiger charge is 2.10. The molecule has 0 atom stereocenters. The van der Waals surface area contributed by atoms with Crippen LogP contribution in [0.4, 0.5) is 0 Å². The predicted octanol–water partition coefficient (Wildman–Crippen LogP) is 3.47. The number of carbonyl (C=O) groups excluding carboxylic acids is 1. The first-order chi connectivity index (χ1) is 9.20. The second-order valence-corrected chi connectivity index (χ2v) is 4.89. The highest BCUT2D eigenvalue weighted by Crippen LogP contribution is 2.24. The summed E-state index contributed by atoms with van der Waals surface area (Å²) >= 11 is 1.17. The summed E-state index contributed by atoms with van der Waals surface area (Å²) in [6, 6.07) is 14.1. The Kier molecular flexibility index (Phi) is 4.47. The number of benzene rings is 2. The Morgan fingerprint density at radius 3 is 2.47 bits per heavy atom. The molecule has 1 N–H and O–H groups in total. The number of aromatic hydroxyl groups is 1. The van der Waals surface area contributed by atoms with Crippen LogP contribution in [0, 0.1) is 0 Å². The summed E-state index contributed by atoms with van der Waals surface area (Å²) in [5.41, 5.74) is 1.38. The molecule has 0 unspecified atom stereocenters. The van der Waals surface area contributed by atoms with Gasteiger partial charge < -0.3 is 9.84 Å². The molecule has 0 aliphatic rings. The average molecular weight is 274 g/mol. The molecule has 0 fully saturated rings. The van der Waals surface area contributed by atoms with Crippen molar-refractivity contribution in [2.75, 3.05) is 7.11 Å². The number of hydrogen-bond donors (Lipinski definition) is 1. The lowest BCUT2D eigenvalue weighted by atomic mass is 10.2. The van der Waals surface area contributed by atoms with E-state index in [9.17, 15) is 9.90 Å². The van der Waals surface area contributed by atoms with Crippen LogP contribution in [0.15, 0.2) is 48.5 Å². The van der Waals surface area contributed by atoms with Crippen LogP contribution in [0.2, 0.25) is 0 Å². The molecule has 0 spiro atoms. The van der Waals surface area contributed by atoms with E-state index >= 15 is 0 Å². The van der Waals surface area contributed by atoms with Gasteiger partial charge in [0.1, 0.15) is 11.5 Å². The monoisotopic (exact) mass is 274 g/mol. The molecule has 0 bridgehead atoms. The van der Waals surface area contributed by atoms with E-state index < -0.39 is 0 Å². The summed E-state index contributed by atoms with van der Waals surface area (Å²) < 4.78 is 5.07. The summed E-state index contributed by atoms with van der Waals surface area (Å²) in [4.78, 5) is 11.9. The second kappa shape index (κ2) is 6.29. The average Bonchev–Trinajstić information content (AvgIpc) is 2.46. The van der Waals surface area contributed by atoms with Crippen molar-refractivity contribution in [2.45, 2.75) is 5.75 Å². The van der Waals surface area contributed by atoms with Crippen LogP contribution in [0.1, 0.15) is 15.9 Å². The molecular weight excluding hydrogens is 260 g/mol. The topological polar surface area (TPSA) is 46.5 Å². The molecule has 0 amide bonds. The van der Waals surface area contributed by atoms with E-state index in [0.29, 0.717) is 11.3 Å². The molecule has 98 valence electrons. The molecule has 0 saturated heterocycles. The van der Waals surface area contributed by atoms with Gasteiger partial charge in [0.25, 0.3) is 0 Å². The molecule has 2 aromatic rings. The van der Waals surface area contributed by atoms with Crippen LogP contribution < -0.4 is 4.74 Å². The summed E-state index contributed by atoms with van der Waals surface area (Å²) in [6.07, 6.45) is 0. The van der Waals surface area contributed by atoms with Crippen molar-refractivity contribution in [3.63, 3.8) is 0 Å². The van der Waals surface area contributed by atoms with E-state index in [-0.39, 0.29) is 10.9 Å². The Labute approximate surface area is 116 Å². The number of thioether (sulfide) groups is 1. The molecule has 2 rings (SSSR count). The first-order valence-corrected chi connectivity index (χ1v) is 6.77. The molecular formula is C15H14O3S. The van der Waals surface area contributed by atoms with E-state index in [4.69, 9.17) is 4.74 Å². The molecule has 3 nitrogen and oxygen atoms in total. The van der Waals surface area contributed by atoms with Crippen molar-refractivity contribution < 1.29 is 14.6 Å². The minimum atomic E-state index is -0.131. The highest BCUT2D eigenvalue weighted by atomic mass is 32.2. The maximum Gasteiger partial charge on any atom is 0.223 e. The van der Waals surface area contributed by atoms with Gasteiger partial charge in [0.05, 0.1) is 12.7 Å². The summed E-state index contributed by atoms with van der Waals surface area (Å²) in [7, 11) is 1.62. The largest absolute Gasteiger partial charge is 0.507 e. The Morgan fingerprint density at radius 2 is 1.84 bits per heavy atom. The smallest absolute Gasteiger partial charge is 0.223 e. The number of ether oxygens (including phenoxy) is 1. The van der Waals surface area contributed by atoms with Gasteiger partial charge in [-0.2, -0.15) is 0 Å². The maximum atomic E-state index is 11.9. The quantitative estimate of drug-likeness (QED) is 0.927. The van der Waals surface area contributed by atoms with Crippen LogP contribution in [0.5, 0.6) is 11.5 Å². The molecule has 4 heteroatoms. The molecule has 19 heavy (non-hydrogen) atoms. The van der Waals surface area contributed by atoms with Crippen molar-refractivity contribution in [1.82, 2.24) is 0 Å². The number of para-hydroxylation sites is 1. The third-order valence-electron chi connectivity index (χ3n) is 2.65. The zero-order valence-electron chi connectivity index (χ0n) is 10.5. The van der Waals surface area contributed by atoms with Crippen molar-refractivity contribution in [2.24, 2.45) is 0 Å². The van der Waals surface area contributed by atoms with Crippen LogP contribution in [-0.4, -0.2) is 17.3 Å². The normalized spacial score (nSPS) is 10.2. The molecule has 2 aromatic carbocycles. The fourth-order valence-corrected chi connectivity index (χ4v) is 2.41. The third-order valence-corrected chi connectivity index (χ3v) is 3.61. The minimum Gasteiger partial charge on any atom is -0.507 e. The van der Waals surface area contributed by atoms with E-state index in [1.807, 2.05) is 24.3 Å². The first kappa shape index (κ1) is 13.5. The molecule has 0 aliphatic heterocycles. The van der Waals surface area contributed by atoms with E-state index in [1.165, 1.54) is 17.8 Å². The van der Waals surface area contributed by atoms with Crippen LogP contribution in [-0.2, 0) is 5.75 Å². The number of phenolic OH excluding ortho intramolecular Hbond substituents is 1. The molecule has 0 aliphatic carbocycles. The number of carbonyl (C=O) groups is 1. The number of hydrogen-bond acceptors (Lipinski definition) is 4. The van der Waals surface area contributed by atoms with E-state index in [2.05, 4.69) is 0 Å². The molecule has 0 aromatic heterocycles. The van der Waals surface area contributed by atoms with Gasteiger partial charge in [-0.25, -0.2) is 0 Å². The standard InChI is InChI=1S/C15H14O3S/c1-18-12-8-6-11(7-9-12)10-19-15(17)13-4-2-3-5-14(13)16/h2-9,16H,10H2,1H3. The molecule has 0 radical (unpaired) electrons. The minimum absolute atomic E-state index is 0.0229. The predicted molar refractivity (Wildman–Crippen MR) is 76.7 cm³/mol. The highest BCUT2D eigenvalue weighted by molar-refractivity contribution is 8.13. The van der Waals surface area contributed by atoms with Crippen molar-refractivity contribution in [3.05, 3.63) is 59.7 Å². The van der Waals surface area contributed by atoms with Gasteiger partial charge in [-0.15, -0.1) is 0 Å². The van der Waals surface area contributed by atoms with Gasteiger partial charge in [0, 0.05) is 5.75 Å². The zero-order chi connectivity index (χ0) is 13.7. The van der Waals surface area contributed by atoms with Crippen LogP contribution >= 0.6 is 11.8 Å². The van der Waals surface area contributed by atoms with Crippen LogP contribution in [0.3, 0.4) is 0 Å². The number of phenols is 1. The zero-order valence-corrected chi connectivity index (χ0v) is 11.3. The lowest BCUT2D eigenvalue weighted by Gasteiger charge is -2.04. The number of methoxy groups -OCH3 is 1. The number of rotatable bonds is 4. The SMILES string of the molecule is COc1ccc(CSC(=O)c2ccccc2O)cc1. The van der Waals surface area contributed by atoms with Crippen molar-refractivity contribution in [3.8, 4) is 11.5 Å². The van der Waals surface area contributed by atoms with Gasteiger partial charge in [0.15, 0.2) is 0 Å². The maximum absolute atomic E-state index is 11.9. The van der Waals surface area contributed by atoms with Crippen molar-refractivity contribution >= 4 is 16.9 Å². The summed E-state index contributed by atoms with van der Waals surface area (Å²) in [6.45, 7) is 0.